The lowest BCUT2D eigenvalue weighted by atomic mass is 9.93. The van der Waals surface area contributed by atoms with Crippen LogP contribution in [0.2, 0.25) is 5.02 Å². The maximum absolute atomic E-state index is 14.5. The van der Waals surface area contributed by atoms with Crippen molar-refractivity contribution in [2.24, 2.45) is 5.73 Å². The van der Waals surface area contributed by atoms with Gasteiger partial charge in [0.05, 0.1) is 30.8 Å². The zero-order valence-corrected chi connectivity index (χ0v) is 20.3. The number of fused-ring (bicyclic) bond motifs is 1. The molecule has 35 heavy (non-hydrogen) atoms. The summed E-state index contributed by atoms with van der Waals surface area (Å²) in [5.74, 6) is -2.52. The molecule has 2 aromatic carbocycles. The first-order chi connectivity index (χ1) is 16.7. The van der Waals surface area contributed by atoms with E-state index in [2.05, 4.69) is 4.98 Å². The first-order valence-electron chi connectivity index (χ1n) is 10.3. The number of halogens is 2. The number of carbonyl (C=O) groups is 1. The van der Waals surface area contributed by atoms with Crippen molar-refractivity contribution < 1.29 is 31.8 Å². The van der Waals surface area contributed by atoms with Crippen LogP contribution in [0.15, 0.2) is 53.6 Å². The number of nitrogens with zero attached hydrogens (tertiary/aromatic N) is 2. The van der Waals surface area contributed by atoms with Crippen LogP contribution in [0.25, 0.3) is 0 Å². The minimum Gasteiger partial charge on any atom is -0.497 e. The molecule has 1 aromatic heterocycles. The second-order valence-corrected chi connectivity index (χ2v) is 9.58. The van der Waals surface area contributed by atoms with Crippen LogP contribution >= 0.6 is 11.6 Å². The van der Waals surface area contributed by atoms with Gasteiger partial charge >= 0.3 is 0 Å². The van der Waals surface area contributed by atoms with Crippen LogP contribution in [0.3, 0.4) is 0 Å². The summed E-state index contributed by atoms with van der Waals surface area (Å²) in [4.78, 5) is 17.6. The molecular weight excluding hydrogens is 501 g/mol. The third-order valence-electron chi connectivity index (χ3n) is 5.40. The van der Waals surface area contributed by atoms with Gasteiger partial charge in [-0.15, -0.1) is 0 Å². The van der Waals surface area contributed by atoms with Gasteiger partial charge in [-0.3, -0.25) is 4.79 Å². The van der Waals surface area contributed by atoms with E-state index in [1.807, 2.05) is 0 Å². The molecule has 2 N–H and O–H groups in total. The molecule has 0 radical (unpaired) electrons. The Hall–Kier alpha value is -3.41. The van der Waals surface area contributed by atoms with Crippen LogP contribution in [-0.4, -0.2) is 46.7 Å². The molecule has 2 heterocycles. The van der Waals surface area contributed by atoms with Crippen LogP contribution < -0.4 is 24.2 Å². The third-order valence-corrected chi connectivity index (χ3v) is 7.44. The highest BCUT2D eigenvalue weighted by molar-refractivity contribution is 7.93. The van der Waals surface area contributed by atoms with Crippen molar-refractivity contribution in [3.05, 3.63) is 70.6 Å². The van der Waals surface area contributed by atoms with Crippen LogP contribution in [-0.2, 0) is 14.8 Å². The van der Waals surface area contributed by atoms with E-state index in [0.29, 0.717) is 10.1 Å². The minimum atomic E-state index is -4.56. The average molecular weight is 522 g/mol. The number of hydrogen-bond acceptors (Lipinski definition) is 8. The van der Waals surface area contributed by atoms with E-state index in [1.54, 1.807) is 12.1 Å². The molecule has 0 aliphatic carbocycles. The molecule has 12 heteroatoms. The van der Waals surface area contributed by atoms with Crippen LogP contribution in [0.4, 0.5) is 10.1 Å². The van der Waals surface area contributed by atoms with Gasteiger partial charge < -0.3 is 19.9 Å². The Labute approximate surface area is 206 Å². The van der Waals surface area contributed by atoms with Crippen molar-refractivity contribution in [3.63, 3.8) is 0 Å². The predicted octanol–water partition coefficient (Wildman–Crippen LogP) is 3.10. The predicted molar refractivity (Wildman–Crippen MR) is 126 cm³/mol. The monoisotopic (exact) mass is 521 g/mol. The number of nitrogens with two attached hydrogens (primary N) is 1. The molecule has 0 saturated heterocycles. The Kier molecular flexibility index (Phi) is 6.84. The first kappa shape index (κ1) is 24.7. The zero-order chi connectivity index (χ0) is 25.3. The fraction of sp³-hybridized carbons (Fsp3) is 0.217. The van der Waals surface area contributed by atoms with Crippen LogP contribution in [0.1, 0.15) is 17.0 Å². The zero-order valence-electron chi connectivity index (χ0n) is 18.7. The molecule has 1 aliphatic heterocycles. The van der Waals surface area contributed by atoms with Crippen molar-refractivity contribution in [1.82, 2.24) is 4.98 Å². The van der Waals surface area contributed by atoms with Crippen molar-refractivity contribution in [1.29, 1.82) is 0 Å². The van der Waals surface area contributed by atoms with Gasteiger partial charge in [-0.2, -0.15) is 0 Å². The van der Waals surface area contributed by atoms with E-state index in [-0.39, 0.29) is 51.5 Å². The normalized spacial score (nSPS) is 15.2. The molecule has 3 aromatic rings. The number of pyridine rings is 1. The van der Waals surface area contributed by atoms with E-state index in [1.165, 1.54) is 44.7 Å². The summed E-state index contributed by atoms with van der Waals surface area (Å²) >= 11 is 6.02. The number of ether oxygens (including phenoxy) is 3. The second kappa shape index (κ2) is 9.68. The van der Waals surface area contributed by atoms with Crippen molar-refractivity contribution in [2.75, 3.05) is 31.7 Å². The Balaban J connectivity index is 1.92. The van der Waals surface area contributed by atoms with Gasteiger partial charge in [0.25, 0.3) is 15.9 Å². The maximum Gasteiger partial charge on any atom is 0.274 e. The molecule has 0 saturated carbocycles. The van der Waals surface area contributed by atoms with Gasteiger partial charge in [0.1, 0.15) is 28.8 Å². The molecule has 1 atom stereocenters. The third kappa shape index (κ3) is 4.26. The van der Waals surface area contributed by atoms with Crippen LogP contribution in [0, 0.1) is 5.82 Å². The van der Waals surface area contributed by atoms with Gasteiger partial charge in [-0.1, -0.05) is 17.7 Å². The summed E-state index contributed by atoms with van der Waals surface area (Å²) in [6, 6.07) is 9.33. The molecule has 0 spiro atoms. The lowest BCUT2D eigenvalue weighted by Crippen LogP contribution is -2.35. The lowest BCUT2D eigenvalue weighted by Gasteiger charge is -2.20. The number of anilines is 1. The molecular formula is C23H21ClFN3O6S. The van der Waals surface area contributed by atoms with Gasteiger partial charge in [-0.25, -0.2) is 22.1 Å². The maximum atomic E-state index is 14.5. The van der Waals surface area contributed by atoms with E-state index < -0.39 is 27.7 Å². The Morgan fingerprint density at radius 3 is 2.60 bits per heavy atom. The molecule has 1 unspecified atom stereocenters. The first-order valence-corrected chi connectivity index (χ1v) is 12.1. The highest BCUT2D eigenvalue weighted by atomic mass is 35.5. The number of aromatic nitrogens is 1. The van der Waals surface area contributed by atoms with E-state index in [4.69, 9.17) is 31.5 Å². The van der Waals surface area contributed by atoms with Crippen molar-refractivity contribution in [3.8, 4) is 17.4 Å². The summed E-state index contributed by atoms with van der Waals surface area (Å²) in [7, 11) is -1.86. The molecule has 1 aliphatic rings. The van der Waals surface area contributed by atoms with Gasteiger partial charge in [0.2, 0.25) is 5.88 Å². The molecule has 0 bridgehead atoms. The number of benzene rings is 2. The van der Waals surface area contributed by atoms with E-state index in [9.17, 15) is 17.6 Å². The molecule has 0 fully saturated rings. The SMILES string of the molecule is COc1ccc(S(=O)(=O)N2C(=O)C(c3cccnc3OCCN)c3cc(Cl)c(F)cc32)c(OC)c1. The number of rotatable bonds is 8. The topological polar surface area (TPSA) is 121 Å². The summed E-state index contributed by atoms with van der Waals surface area (Å²) in [6.45, 7) is 0.313. The number of amides is 1. The Bertz CT molecular complexity index is 1400. The smallest absolute Gasteiger partial charge is 0.274 e. The number of hydrogen-bond donors (Lipinski definition) is 1. The number of methoxy groups -OCH3 is 2. The molecule has 184 valence electrons. The highest BCUT2D eigenvalue weighted by Crippen LogP contribution is 2.48. The van der Waals surface area contributed by atoms with Gasteiger partial charge in [-0.05, 0) is 29.8 Å². The fourth-order valence-electron chi connectivity index (χ4n) is 3.86. The minimum absolute atomic E-state index is 0.0510. The Morgan fingerprint density at radius 1 is 1.14 bits per heavy atom. The summed E-state index contributed by atoms with van der Waals surface area (Å²) in [6.07, 6.45) is 1.46. The molecule has 9 nitrogen and oxygen atoms in total. The largest absolute Gasteiger partial charge is 0.497 e. The van der Waals surface area contributed by atoms with Crippen molar-refractivity contribution >= 4 is 33.2 Å². The molecule has 1 amide bonds. The fourth-order valence-corrected chi connectivity index (χ4v) is 5.63. The second-order valence-electron chi connectivity index (χ2n) is 7.42. The van der Waals surface area contributed by atoms with Gasteiger partial charge in [0, 0.05) is 30.4 Å². The average Bonchev–Trinajstić information content (AvgIpc) is 3.13. The molecule has 4 rings (SSSR count). The number of sulfonamides is 1. The summed E-state index contributed by atoms with van der Waals surface area (Å²) in [5, 5.41) is -0.267. The Morgan fingerprint density at radius 2 is 1.91 bits per heavy atom. The lowest BCUT2D eigenvalue weighted by molar-refractivity contribution is -0.117. The van der Waals surface area contributed by atoms with Crippen LogP contribution in [0.5, 0.6) is 17.4 Å². The highest BCUT2D eigenvalue weighted by Gasteiger charge is 2.47. The number of carbonyl (C=O) groups excluding carboxylic acids is 1. The van der Waals surface area contributed by atoms with Crippen molar-refractivity contribution in [2.45, 2.75) is 10.8 Å². The van der Waals surface area contributed by atoms with Gasteiger partial charge in [0.15, 0.2) is 0 Å². The standard InChI is InChI=1S/C23H21ClFN3O6S/c1-32-13-5-6-20(19(10-13)33-2)35(30,31)28-18-12-17(25)16(24)11-15(18)21(23(28)29)14-4-3-8-27-22(14)34-9-7-26/h3-6,8,10-12,21H,7,9,26H2,1-2H3. The van der Waals surface area contributed by atoms with E-state index in [0.717, 1.165) is 6.07 Å². The summed E-state index contributed by atoms with van der Waals surface area (Å²) < 4.78 is 58.6. The summed E-state index contributed by atoms with van der Waals surface area (Å²) in [5.41, 5.74) is 5.82. The van der Waals surface area contributed by atoms with E-state index >= 15 is 0 Å². The quantitative estimate of drug-likeness (QED) is 0.480.